The first kappa shape index (κ1) is 18.6. The van der Waals surface area contributed by atoms with Crippen LogP contribution >= 0.6 is 0 Å². The highest BCUT2D eigenvalue weighted by atomic mass is 16.6. The van der Waals surface area contributed by atoms with Crippen molar-refractivity contribution in [1.82, 2.24) is 4.90 Å². The third kappa shape index (κ3) is 3.67. The molecule has 0 amide bonds. The number of nitrogens with zero attached hydrogens (tertiary/aromatic N) is 1. The zero-order valence-corrected chi connectivity index (χ0v) is 15.5. The van der Waals surface area contributed by atoms with E-state index in [1.54, 1.807) is 24.3 Å². The normalized spacial score (nSPS) is 19.7. The van der Waals surface area contributed by atoms with Gasteiger partial charge in [-0.1, -0.05) is 67.1 Å². The average Bonchev–Trinajstić information content (AvgIpc) is 2.69. The summed E-state index contributed by atoms with van der Waals surface area (Å²) in [4.78, 5) is 15.4. The fourth-order valence-corrected chi connectivity index (χ4v) is 3.79. The summed E-state index contributed by atoms with van der Waals surface area (Å²) in [5, 5.41) is 11.4. The minimum absolute atomic E-state index is 0.184. The van der Waals surface area contributed by atoms with Gasteiger partial charge in [0.25, 0.3) is 0 Å². The molecule has 26 heavy (non-hydrogen) atoms. The number of likely N-dealkylation sites (tertiary alicyclic amines) is 1. The Kier molecular flexibility index (Phi) is 5.74. The van der Waals surface area contributed by atoms with Crippen LogP contribution in [-0.4, -0.2) is 41.7 Å². The number of piperidine rings is 1. The molecule has 1 heterocycles. The second-order valence-corrected chi connectivity index (χ2v) is 7.10. The van der Waals surface area contributed by atoms with Gasteiger partial charge in [0.2, 0.25) is 5.60 Å². The van der Waals surface area contributed by atoms with Crippen LogP contribution in [0.25, 0.3) is 0 Å². The lowest BCUT2D eigenvalue weighted by molar-refractivity contribution is -0.170. The summed E-state index contributed by atoms with van der Waals surface area (Å²) < 4.78 is 5.80. The Hall–Kier alpha value is -2.17. The molecule has 4 heteroatoms. The van der Waals surface area contributed by atoms with Gasteiger partial charge in [0.1, 0.15) is 6.10 Å². The van der Waals surface area contributed by atoms with Gasteiger partial charge in [-0.2, -0.15) is 0 Å². The van der Waals surface area contributed by atoms with Crippen molar-refractivity contribution < 1.29 is 14.6 Å². The number of carbonyl (C=O) groups is 1. The van der Waals surface area contributed by atoms with E-state index < -0.39 is 11.6 Å². The SMILES string of the molecule is CC(OC(=O)C(O)(c1ccccc1)c1ccccc1)C1CCCCN1C. The van der Waals surface area contributed by atoms with Crippen molar-refractivity contribution in [2.24, 2.45) is 0 Å². The maximum Gasteiger partial charge on any atom is 0.348 e. The van der Waals surface area contributed by atoms with Crippen molar-refractivity contribution in [2.75, 3.05) is 13.6 Å². The van der Waals surface area contributed by atoms with Crippen LogP contribution in [0.1, 0.15) is 37.3 Å². The van der Waals surface area contributed by atoms with Crippen LogP contribution in [0.2, 0.25) is 0 Å². The zero-order valence-electron chi connectivity index (χ0n) is 15.5. The smallest absolute Gasteiger partial charge is 0.348 e. The summed E-state index contributed by atoms with van der Waals surface area (Å²) in [5.74, 6) is -0.624. The molecule has 3 rings (SSSR count). The first-order valence-corrected chi connectivity index (χ1v) is 9.28. The highest BCUT2D eigenvalue weighted by molar-refractivity contribution is 5.85. The Morgan fingerprint density at radius 3 is 2.12 bits per heavy atom. The number of aliphatic hydroxyl groups is 1. The number of esters is 1. The van der Waals surface area contributed by atoms with Crippen LogP contribution in [0, 0.1) is 0 Å². The van der Waals surface area contributed by atoms with Crippen LogP contribution in [0.4, 0.5) is 0 Å². The van der Waals surface area contributed by atoms with Gasteiger partial charge in [-0.25, -0.2) is 4.79 Å². The maximum atomic E-state index is 13.1. The van der Waals surface area contributed by atoms with Gasteiger partial charge in [-0.15, -0.1) is 0 Å². The topological polar surface area (TPSA) is 49.8 Å². The predicted octanol–water partition coefficient (Wildman–Crippen LogP) is 3.34. The van der Waals surface area contributed by atoms with E-state index in [1.807, 2.05) is 43.3 Å². The van der Waals surface area contributed by atoms with E-state index in [1.165, 1.54) is 6.42 Å². The molecule has 0 saturated carbocycles. The highest BCUT2D eigenvalue weighted by Crippen LogP contribution is 2.32. The summed E-state index contributed by atoms with van der Waals surface area (Å²) in [5.41, 5.74) is -0.787. The summed E-state index contributed by atoms with van der Waals surface area (Å²) in [6.07, 6.45) is 3.02. The molecule has 0 aromatic heterocycles. The number of likely N-dealkylation sites (N-methyl/N-ethyl adjacent to an activating group) is 1. The molecule has 1 N–H and O–H groups in total. The number of benzene rings is 2. The molecule has 1 fully saturated rings. The lowest BCUT2D eigenvalue weighted by Gasteiger charge is -2.37. The summed E-state index contributed by atoms with van der Waals surface area (Å²) in [6.45, 7) is 2.93. The molecule has 2 aromatic rings. The van der Waals surface area contributed by atoms with Crippen molar-refractivity contribution in [3.8, 4) is 0 Å². The molecule has 0 bridgehead atoms. The molecule has 0 aliphatic carbocycles. The molecule has 0 spiro atoms. The van der Waals surface area contributed by atoms with Crippen molar-refractivity contribution in [1.29, 1.82) is 0 Å². The maximum absolute atomic E-state index is 13.1. The highest BCUT2D eigenvalue weighted by Gasteiger charge is 2.43. The Bertz CT molecular complexity index is 677. The molecule has 1 aliphatic heterocycles. The van der Waals surface area contributed by atoms with Crippen molar-refractivity contribution >= 4 is 5.97 Å². The molecule has 138 valence electrons. The quantitative estimate of drug-likeness (QED) is 0.838. The number of ether oxygens (including phenoxy) is 1. The first-order chi connectivity index (χ1) is 12.5. The number of carbonyl (C=O) groups excluding carboxylic acids is 1. The van der Waals surface area contributed by atoms with E-state index in [0.717, 1.165) is 19.4 Å². The molecule has 4 nitrogen and oxygen atoms in total. The van der Waals surface area contributed by atoms with Gasteiger partial charge < -0.3 is 9.84 Å². The fraction of sp³-hybridized carbons (Fsp3) is 0.409. The number of hydrogen-bond acceptors (Lipinski definition) is 4. The van der Waals surface area contributed by atoms with E-state index in [2.05, 4.69) is 11.9 Å². The molecular weight excluding hydrogens is 326 g/mol. The van der Waals surface area contributed by atoms with Gasteiger partial charge in [-0.3, -0.25) is 4.90 Å². The Morgan fingerprint density at radius 1 is 1.08 bits per heavy atom. The largest absolute Gasteiger partial charge is 0.458 e. The molecule has 0 radical (unpaired) electrons. The Balaban J connectivity index is 1.89. The van der Waals surface area contributed by atoms with Crippen LogP contribution in [0.3, 0.4) is 0 Å². The van der Waals surface area contributed by atoms with E-state index in [-0.39, 0.29) is 12.1 Å². The lowest BCUT2D eigenvalue weighted by Crippen LogP contribution is -2.48. The first-order valence-electron chi connectivity index (χ1n) is 9.28. The van der Waals surface area contributed by atoms with E-state index in [9.17, 15) is 9.90 Å². The summed E-state index contributed by atoms with van der Waals surface area (Å²) >= 11 is 0. The summed E-state index contributed by atoms with van der Waals surface area (Å²) in [6, 6.07) is 18.2. The average molecular weight is 353 g/mol. The van der Waals surface area contributed by atoms with E-state index >= 15 is 0 Å². The van der Waals surface area contributed by atoms with E-state index in [0.29, 0.717) is 11.1 Å². The number of rotatable bonds is 5. The molecule has 2 atom stereocenters. The Labute approximate surface area is 155 Å². The van der Waals surface area contributed by atoms with Crippen LogP contribution in [0.15, 0.2) is 60.7 Å². The second-order valence-electron chi connectivity index (χ2n) is 7.10. The zero-order chi connectivity index (χ0) is 18.6. The Morgan fingerprint density at radius 2 is 1.62 bits per heavy atom. The minimum atomic E-state index is -1.82. The number of hydrogen-bond donors (Lipinski definition) is 1. The molecule has 2 unspecified atom stereocenters. The molecular formula is C22H27NO3. The van der Waals surface area contributed by atoms with Gasteiger partial charge in [0, 0.05) is 6.04 Å². The van der Waals surface area contributed by atoms with Crippen LogP contribution in [-0.2, 0) is 15.1 Å². The third-order valence-corrected chi connectivity index (χ3v) is 5.34. The third-order valence-electron chi connectivity index (χ3n) is 5.34. The predicted molar refractivity (Wildman–Crippen MR) is 102 cm³/mol. The van der Waals surface area contributed by atoms with E-state index in [4.69, 9.17) is 4.74 Å². The fourth-order valence-electron chi connectivity index (χ4n) is 3.79. The van der Waals surface area contributed by atoms with Crippen molar-refractivity contribution in [3.05, 3.63) is 71.8 Å². The van der Waals surface area contributed by atoms with Crippen LogP contribution < -0.4 is 0 Å². The lowest BCUT2D eigenvalue weighted by atomic mass is 9.86. The van der Waals surface area contributed by atoms with Crippen molar-refractivity contribution in [2.45, 2.75) is 43.9 Å². The molecule has 1 saturated heterocycles. The molecule has 1 aliphatic rings. The second kappa shape index (κ2) is 8.02. The minimum Gasteiger partial charge on any atom is -0.458 e. The summed E-state index contributed by atoms with van der Waals surface area (Å²) in [7, 11) is 2.06. The van der Waals surface area contributed by atoms with Crippen molar-refractivity contribution in [3.63, 3.8) is 0 Å². The standard InChI is InChI=1S/C22H27NO3/c1-17(20-15-9-10-16-23(20)2)26-21(24)22(25,18-11-5-3-6-12-18)19-13-7-4-8-14-19/h3-8,11-14,17,20,25H,9-10,15-16H2,1-2H3. The molecule has 2 aromatic carbocycles. The monoisotopic (exact) mass is 353 g/mol. The van der Waals surface area contributed by atoms with Gasteiger partial charge in [0.15, 0.2) is 0 Å². The van der Waals surface area contributed by atoms with Gasteiger partial charge >= 0.3 is 5.97 Å². The van der Waals surface area contributed by atoms with Crippen LogP contribution in [0.5, 0.6) is 0 Å². The van der Waals surface area contributed by atoms with Gasteiger partial charge in [0.05, 0.1) is 0 Å². The van der Waals surface area contributed by atoms with Gasteiger partial charge in [-0.05, 0) is 44.5 Å².